The Morgan fingerprint density at radius 3 is 2.55 bits per heavy atom. The molecule has 246 valence electrons. The summed E-state index contributed by atoms with van der Waals surface area (Å²) in [5.74, 6) is -4.32. The average Bonchev–Trinajstić information content (AvgIpc) is 3.74. The molecule has 47 heavy (non-hydrogen) atoms. The Hall–Kier alpha value is -3.63. The molecule has 3 fully saturated rings. The fourth-order valence-electron chi connectivity index (χ4n) is 7.86. The molecule has 1 aromatic heterocycles. The van der Waals surface area contributed by atoms with Crippen LogP contribution in [-0.2, 0) is 25.4 Å². The third kappa shape index (κ3) is 5.57. The Labute approximate surface area is 281 Å². The third-order valence-corrected chi connectivity index (χ3v) is 12.6. The second-order valence-corrected chi connectivity index (χ2v) is 15.1. The quantitative estimate of drug-likeness (QED) is 0.267. The number of anilines is 1. The number of aromatic amines is 1. The van der Waals surface area contributed by atoms with Gasteiger partial charge in [-0.15, -0.1) is 11.8 Å². The first kappa shape index (κ1) is 31.9. The molecule has 0 spiro atoms. The summed E-state index contributed by atoms with van der Waals surface area (Å²) in [6.07, 6.45) is -4.29. The van der Waals surface area contributed by atoms with Gasteiger partial charge in [0.2, 0.25) is 11.8 Å². The van der Waals surface area contributed by atoms with E-state index >= 15 is 0 Å². The lowest BCUT2D eigenvalue weighted by Gasteiger charge is -2.43. The van der Waals surface area contributed by atoms with Crippen molar-refractivity contribution in [3.8, 4) is 5.75 Å². The molecule has 2 aliphatic heterocycles. The number of nitrogens with zero attached hydrogens (tertiary/aromatic N) is 1. The van der Waals surface area contributed by atoms with E-state index < -0.39 is 48.0 Å². The minimum atomic E-state index is -4.57. The van der Waals surface area contributed by atoms with Crippen molar-refractivity contribution < 1.29 is 42.2 Å². The first-order chi connectivity index (χ1) is 22.3. The number of rotatable bonds is 8. The lowest BCUT2D eigenvalue weighted by molar-refractivity contribution is -0.143. The molecule has 3 aromatic rings. The predicted octanol–water partition coefficient (Wildman–Crippen LogP) is 5.18. The fraction of sp³-hybridized carbons (Fsp3) is 0.387. The number of fused-ring (bicyclic) bond motifs is 9. The lowest BCUT2D eigenvalue weighted by Crippen LogP contribution is -2.42. The molecule has 2 aliphatic carbocycles. The predicted molar refractivity (Wildman–Crippen MR) is 167 cm³/mol. The zero-order valence-corrected chi connectivity index (χ0v) is 27.3. The van der Waals surface area contributed by atoms with Gasteiger partial charge in [-0.1, -0.05) is 33.3 Å². The first-order valence-electron chi connectivity index (χ1n) is 14.7. The highest BCUT2D eigenvalue weighted by Crippen LogP contribution is 2.69. The molecule has 3 amide bonds. The van der Waals surface area contributed by atoms with Crippen LogP contribution in [0.1, 0.15) is 34.8 Å². The third-order valence-electron chi connectivity index (χ3n) is 9.50. The number of nitrogens with one attached hydrogen (secondary N) is 2. The summed E-state index contributed by atoms with van der Waals surface area (Å²) in [4.78, 5) is 68.2. The van der Waals surface area contributed by atoms with Crippen LogP contribution >= 0.6 is 39.0 Å². The number of aliphatic carboxylic acids is 1. The van der Waals surface area contributed by atoms with Gasteiger partial charge in [0.15, 0.2) is 6.61 Å². The number of carboxylic acids is 1. The number of benzene rings is 2. The maximum Gasteiger partial charge on any atom is 0.416 e. The maximum absolute atomic E-state index is 13.6. The number of carboxylic acid groups (broad SMARTS) is 1. The molecule has 0 radical (unpaired) electrons. The number of carbonyl (C=O) groups is 4. The number of imide groups is 1. The van der Waals surface area contributed by atoms with Gasteiger partial charge in [0.05, 0.1) is 28.8 Å². The zero-order valence-electron chi connectivity index (χ0n) is 24.1. The molecule has 1 saturated heterocycles. The number of likely N-dealkylation sites (tertiary alicyclic amines) is 1. The van der Waals surface area contributed by atoms with Crippen molar-refractivity contribution in [2.75, 3.05) is 18.5 Å². The number of thiazole rings is 1. The Kier molecular flexibility index (Phi) is 8.02. The van der Waals surface area contributed by atoms with Crippen LogP contribution in [0.3, 0.4) is 0 Å². The van der Waals surface area contributed by atoms with Gasteiger partial charge in [-0.05, 0) is 60.6 Å². The monoisotopic (exact) mass is 751 g/mol. The topological polar surface area (TPSA) is 146 Å². The van der Waals surface area contributed by atoms with Crippen LogP contribution in [0.25, 0.3) is 0 Å². The number of halogens is 4. The Morgan fingerprint density at radius 1 is 1.09 bits per heavy atom. The number of carbonyl (C=O) groups excluding carboxylic acids is 3. The van der Waals surface area contributed by atoms with Gasteiger partial charge >= 0.3 is 17.0 Å². The molecule has 10 nitrogen and oxygen atoms in total. The standard InChI is InChI=1S/C31H25BrF3N3O7S2/c32-13-4-5-18(45-11-19(39)36-14-3-1-2-12(8-14)31(33,34)35)15(9-13)21-22-16-10-17(25(22)46-27-26(21)47-30(44)37-27)24-23(16)28(42)38(29(24)43)7-6-20(40)41/h1-5,8-9,16-17,21-25H,6-7,10-11H2,(H,36,39)(H,37,44)(H,40,41)/t16?,17?,21-,22?,23?,24?,25?/m1/s1. The maximum atomic E-state index is 13.6. The van der Waals surface area contributed by atoms with Crippen molar-refractivity contribution in [2.24, 2.45) is 29.6 Å². The Balaban J connectivity index is 1.19. The zero-order chi connectivity index (χ0) is 33.4. The van der Waals surface area contributed by atoms with E-state index in [1.807, 2.05) is 6.07 Å². The fourth-order valence-corrected chi connectivity index (χ4v) is 11.1. The molecule has 2 bridgehead atoms. The van der Waals surface area contributed by atoms with Crippen molar-refractivity contribution in [2.45, 2.75) is 35.2 Å². The highest BCUT2D eigenvalue weighted by Gasteiger charge is 2.69. The molecule has 2 saturated carbocycles. The van der Waals surface area contributed by atoms with Gasteiger partial charge in [-0.25, -0.2) is 0 Å². The van der Waals surface area contributed by atoms with E-state index in [0.29, 0.717) is 27.2 Å². The average molecular weight is 753 g/mol. The van der Waals surface area contributed by atoms with Gasteiger partial charge in [0, 0.05) is 38.3 Å². The summed E-state index contributed by atoms with van der Waals surface area (Å²) in [6.45, 7) is -0.697. The summed E-state index contributed by atoms with van der Waals surface area (Å²) in [5.41, 5.74) is -0.289. The summed E-state index contributed by atoms with van der Waals surface area (Å²) in [6, 6.07) is 9.48. The lowest BCUT2D eigenvalue weighted by atomic mass is 9.68. The van der Waals surface area contributed by atoms with Crippen LogP contribution in [0.15, 0.2) is 56.8 Å². The van der Waals surface area contributed by atoms with Crippen molar-refractivity contribution in [3.05, 3.63) is 72.6 Å². The van der Waals surface area contributed by atoms with E-state index in [1.54, 1.807) is 12.1 Å². The molecule has 16 heteroatoms. The van der Waals surface area contributed by atoms with E-state index in [9.17, 15) is 42.3 Å². The molecular formula is C31H25BrF3N3O7S2. The van der Waals surface area contributed by atoms with Crippen LogP contribution in [-0.4, -0.2) is 57.1 Å². The van der Waals surface area contributed by atoms with Gasteiger partial charge in [-0.2, -0.15) is 13.2 Å². The van der Waals surface area contributed by atoms with Gasteiger partial charge in [0.25, 0.3) is 5.91 Å². The number of hydrogen-bond acceptors (Lipinski definition) is 8. The number of H-pyrrole nitrogens is 1. The largest absolute Gasteiger partial charge is 0.483 e. The highest BCUT2D eigenvalue weighted by atomic mass is 79.9. The van der Waals surface area contributed by atoms with Gasteiger partial charge < -0.3 is 20.1 Å². The molecule has 3 heterocycles. The minimum absolute atomic E-state index is 0.0388. The van der Waals surface area contributed by atoms with Crippen LogP contribution in [0.5, 0.6) is 5.75 Å². The number of hydrogen-bond donors (Lipinski definition) is 3. The summed E-state index contributed by atoms with van der Waals surface area (Å²) >= 11 is 6.06. The normalized spacial score (nSPS) is 27.4. The van der Waals surface area contributed by atoms with E-state index in [-0.39, 0.29) is 58.3 Å². The number of thioether (sulfide) groups is 1. The first-order valence-corrected chi connectivity index (χ1v) is 17.2. The van der Waals surface area contributed by atoms with E-state index in [2.05, 4.69) is 26.2 Å². The van der Waals surface area contributed by atoms with Gasteiger partial charge in [0.1, 0.15) is 5.75 Å². The minimum Gasteiger partial charge on any atom is -0.483 e. The van der Waals surface area contributed by atoms with E-state index in [1.165, 1.54) is 23.9 Å². The number of amides is 3. The molecular weight excluding hydrogens is 727 g/mol. The smallest absolute Gasteiger partial charge is 0.416 e. The van der Waals surface area contributed by atoms with E-state index in [0.717, 1.165) is 33.2 Å². The number of aromatic nitrogens is 1. The molecule has 6 unspecified atom stereocenters. The SMILES string of the molecule is O=C(O)CCN1C(=O)C2C3CC(C2C1=O)C1C3Sc2[nH]c(=O)sc2[C@@H]1c1cc(Br)ccc1OCC(=O)Nc1cccc(C(F)(F)F)c1. The molecule has 2 aromatic carbocycles. The number of alkyl halides is 3. The second-order valence-electron chi connectivity index (χ2n) is 12.0. The summed E-state index contributed by atoms with van der Waals surface area (Å²) < 4.78 is 46.2. The molecule has 7 rings (SSSR count). The van der Waals surface area contributed by atoms with Crippen molar-refractivity contribution >= 4 is 68.4 Å². The Bertz CT molecular complexity index is 1880. The van der Waals surface area contributed by atoms with Crippen LogP contribution in [0, 0.1) is 29.6 Å². The Morgan fingerprint density at radius 2 is 1.83 bits per heavy atom. The van der Waals surface area contributed by atoms with Crippen LogP contribution < -0.4 is 14.9 Å². The molecule has 3 N–H and O–H groups in total. The highest BCUT2D eigenvalue weighted by molar-refractivity contribution is 9.10. The van der Waals surface area contributed by atoms with Crippen LogP contribution in [0.2, 0.25) is 0 Å². The molecule has 7 atom stereocenters. The summed E-state index contributed by atoms with van der Waals surface area (Å²) in [5, 5.41) is 12.2. The van der Waals surface area contributed by atoms with Gasteiger partial charge in [-0.3, -0.25) is 28.9 Å². The summed E-state index contributed by atoms with van der Waals surface area (Å²) in [7, 11) is 0. The van der Waals surface area contributed by atoms with Crippen LogP contribution in [0.4, 0.5) is 18.9 Å². The second kappa shape index (κ2) is 11.8. The van der Waals surface area contributed by atoms with Crippen molar-refractivity contribution in [1.29, 1.82) is 0 Å². The van der Waals surface area contributed by atoms with Crippen molar-refractivity contribution in [1.82, 2.24) is 9.88 Å². The molecule has 4 aliphatic rings. The van der Waals surface area contributed by atoms with E-state index in [4.69, 9.17) is 4.74 Å². The van der Waals surface area contributed by atoms with Crippen molar-refractivity contribution in [3.63, 3.8) is 0 Å². The number of ether oxygens (including phenoxy) is 1.